The number of nitrogens with zero attached hydrogens (tertiary/aromatic N) is 2. The van der Waals surface area contributed by atoms with Crippen LogP contribution in [0.3, 0.4) is 0 Å². The lowest BCUT2D eigenvalue weighted by Crippen LogP contribution is -2.35. The van der Waals surface area contributed by atoms with Gasteiger partial charge in [0.1, 0.15) is 10.6 Å². The number of carbonyl (C=O) groups excluding carboxylic acids is 3. The number of amides is 2. The van der Waals surface area contributed by atoms with Crippen molar-refractivity contribution in [3.8, 4) is 0 Å². The molecule has 0 bridgehead atoms. The number of likely N-dealkylation sites (tertiary alicyclic amines) is 1. The number of rotatable bonds is 8. The van der Waals surface area contributed by atoms with E-state index in [2.05, 4.69) is 4.90 Å². The number of esters is 1. The number of carbonyl (C=O) groups is 3. The molecule has 184 valence electrons. The molecule has 35 heavy (non-hydrogen) atoms. The van der Waals surface area contributed by atoms with Crippen LogP contribution in [-0.2, 0) is 14.3 Å². The van der Waals surface area contributed by atoms with Crippen molar-refractivity contribution in [2.24, 2.45) is 0 Å². The molecule has 0 aliphatic carbocycles. The molecule has 4 rings (SSSR count). The number of anilines is 1. The van der Waals surface area contributed by atoms with Crippen molar-refractivity contribution in [3.05, 3.63) is 69.7 Å². The van der Waals surface area contributed by atoms with Crippen molar-refractivity contribution in [2.75, 3.05) is 24.6 Å². The first kappa shape index (κ1) is 25.3. The predicted molar refractivity (Wildman–Crippen MR) is 139 cm³/mol. The minimum atomic E-state index is -0.411. The van der Waals surface area contributed by atoms with Gasteiger partial charge in [-0.05, 0) is 67.8 Å². The maximum absolute atomic E-state index is 13.7. The van der Waals surface area contributed by atoms with E-state index in [4.69, 9.17) is 16.3 Å². The molecule has 2 aliphatic heterocycles. The Labute approximate surface area is 215 Å². The summed E-state index contributed by atoms with van der Waals surface area (Å²) in [5.41, 5.74) is 1.28. The minimum absolute atomic E-state index is 0.327. The van der Waals surface area contributed by atoms with Crippen LogP contribution in [0.5, 0.6) is 0 Å². The van der Waals surface area contributed by atoms with Gasteiger partial charge in [-0.25, -0.2) is 9.69 Å². The molecule has 0 spiro atoms. The highest BCUT2D eigenvalue weighted by Crippen LogP contribution is 2.39. The van der Waals surface area contributed by atoms with Crippen molar-refractivity contribution in [1.29, 1.82) is 0 Å². The van der Waals surface area contributed by atoms with Gasteiger partial charge in [-0.2, -0.15) is 0 Å². The third-order valence-electron chi connectivity index (χ3n) is 6.07. The molecule has 0 N–H and O–H groups in total. The van der Waals surface area contributed by atoms with Gasteiger partial charge in [-0.15, -0.1) is 0 Å². The van der Waals surface area contributed by atoms with Gasteiger partial charge < -0.3 is 9.64 Å². The highest BCUT2D eigenvalue weighted by molar-refractivity contribution is 8.04. The van der Waals surface area contributed by atoms with E-state index in [0.29, 0.717) is 33.5 Å². The summed E-state index contributed by atoms with van der Waals surface area (Å²) in [5, 5.41) is 0.611. The number of halogens is 1. The van der Waals surface area contributed by atoms with Crippen LogP contribution in [0.1, 0.15) is 55.8 Å². The van der Waals surface area contributed by atoms with Gasteiger partial charge in [-0.1, -0.05) is 49.5 Å². The van der Waals surface area contributed by atoms with Gasteiger partial charge in [0.25, 0.3) is 11.8 Å². The van der Waals surface area contributed by atoms with Crippen molar-refractivity contribution >= 4 is 46.8 Å². The fourth-order valence-corrected chi connectivity index (χ4v) is 5.28. The van der Waals surface area contributed by atoms with Crippen LogP contribution in [0.15, 0.2) is 64.0 Å². The van der Waals surface area contributed by atoms with Gasteiger partial charge in [0.2, 0.25) is 0 Å². The molecular weight excluding hydrogens is 484 g/mol. The molecule has 1 fully saturated rings. The summed E-state index contributed by atoms with van der Waals surface area (Å²) in [7, 11) is 0. The first-order valence-corrected chi connectivity index (χ1v) is 13.3. The summed E-state index contributed by atoms with van der Waals surface area (Å²) in [5.74, 6) is -1.09. The lowest BCUT2D eigenvalue weighted by molar-refractivity contribution is -0.121. The van der Waals surface area contributed by atoms with Gasteiger partial charge in [0.05, 0.1) is 17.9 Å². The Bertz CT molecular complexity index is 1110. The molecule has 0 aromatic heterocycles. The van der Waals surface area contributed by atoms with Crippen LogP contribution in [0.2, 0.25) is 5.02 Å². The molecule has 0 radical (unpaired) electrons. The maximum Gasteiger partial charge on any atom is 0.338 e. The first-order chi connectivity index (χ1) is 17.0. The number of benzene rings is 2. The maximum atomic E-state index is 13.7. The van der Waals surface area contributed by atoms with Crippen molar-refractivity contribution < 1.29 is 19.1 Å². The van der Waals surface area contributed by atoms with E-state index in [1.54, 1.807) is 36.4 Å². The van der Waals surface area contributed by atoms with E-state index in [1.807, 2.05) is 19.1 Å². The molecule has 2 aromatic carbocycles. The van der Waals surface area contributed by atoms with E-state index in [9.17, 15) is 14.4 Å². The summed E-state index contributed by atoms with van der Waals surface area (Å²) in [6.07, 6.45) is 5.95. The topological polar surface area (TPSA) is 66.9 Å². The molecule has 0 saturated carbocycles. The molecule has 2 aromatic rings. The van der Waals surface area contributed by atoms with Gasteiger partial charge in [-0.3, -0.25) is 9.59 Å². The van der Waals surface area contributed by atoms with Crippen LogP contribution in [-0.4, -0.2) is 42.4 Å². The zero-order valence-corrected chi connectivity index (χ0v) is 21.4. The predicted octanol–water partition coefficient (Wildman–Crippen LogP) is 6.05. The monoisotopic (exact) mass is 512 g/mol. The number of imide groups is 1. The fraction of sp³-hybridized carbons (Fsp3) is 0.370. The molecule has 2 amide bonds. The van der Waals surface area contributed by atoms with Crippen LogP contribution in [0.4, 0.5) is 5.69 Å². The highest BCUT2D eigenvalue weighted by atomic mass is 35.5. The second-order valence-corrected chi connectivity index (χ2v) is 10.1. The molecule has 1 saturated heterocycles. The van der Waals surface area contributed by atoms with Crippen LogP contribution in [0, 0.1) is 0 Å². The smallest absolute Gasteiger partial charge is 0.338 e. The Balaban J connectivity index is 1.61. The zero-order chi connectivity index (χ0) is 24.8. The molecule has 6 nitrogen and oxygen atoms in total. The SMILES string of the molecule is CCCCOC(=O)c1ccc(N2C(=O)C(Sc3ccc(Cl)cc3)=C(N3CCCCCC3)C2=O)cc1. The van der Waals surface area contributed by atoms with Crippen molar-refractivity contribution in [1.82, 2.24) is 4.90 Å². The van der Waals surface area contributed by atoms with Crippen molar-refractivity contribution in [3.63, 3.8) is 0 Å². The molecule has 2 heterocycles. The number of unbranched alkanes of at least 4 members (excludes halogenated alkanes) is 1. The lowest BCUT2D eigenvalue weighted by atomic mass is 10.2. The largest absolute Gasteiger partial charge is 0.462 e. The lowest BCUT2D eigenvalue weighted by Gasteiger charge is -2.24. The highest BCUT2D eigenvalue weighted by Gasteiger charge is 2.42. The third kappa shape index (κ3) is 5.90. The third-order valence-corrected chi connectivity index (χ3v) is 7.40. The van der Waals surface area contributed by atoms with E-state index in [-0.39, 0.29) is 11.8 Å². The van der Waals surface area contributed by atoms with Gasteiger partial charge in [0.15, 0.2) is 0 Å². The second-order valence-electron chi connectivity index (χ2n) is 8.62. The van der Waals surface area contributed by atoms with Crippen molar-refractivity contribution in [2.45, 2.75) is 50.3 Å². The average Bonchev–Trinajstić information content (AvgIpc) is 3.03. The second kappa shape index (κ2) is 11.8. The van der Waals surface area contributed by atoms with Gasteiger partial charge >= 0.3 is 5.97 Å². The summed E-state index contributed by atoms with van der Waals surface area (Å²) in [4.78, 5) is 44.0. The molecule has 0 atom stereocenters. The van der Waals surface area contributed by atoms with E-state index in [1.165, 1.54) is 16.7 Å². The summed E-state index contributed by atoms with van der Waals surface area (Å²) < 4.78 is 5.26. The molecule has 2 aliphatic rings. The fourth-order valence-electron chi connectivity index (χ4n) is 4.16. The van der Waals surface area contributed by atoms with E-state index >= 15 is 0 Å². The Morgan fingerprint density at radius 2 is 1.60 bits per heavy atom. The van der Waals surface area contributed by atoms with Gasteiger partial charge in [0, 0.05) is 23.0 Å². The minimum Gasteiger partial charge on any atom is -0.462 e. The normalized spacial score (nSPS) is 16.6. The van der Waals surface area contributed by atoms with E-state index < -0.39 is 5.97 Å². The van der Waals surface area contributed by atoms with Crippen LogP contribution < -0.4 is 4.90 Å². The first-order valence-electron chi connectivity index (χ1n) is 12.1. The molecule has 0 unspecified atom stereocenters. The average molecular weight is 513 g/mol. The summed E-state index contributed by atoms with van der Waals surface area (Å²) >= 11 is 7.32. The number of thioether (sulfide) groups is 1. The molecule has 8 heteroatoms. The molecular formula is C27H29ClN2O4S. The van der Waals surface area contributed by atoms with Crippen LogP contribution >= 0.6 is 23.4 Å². The summed E-state index contributed by atoms with van der Waals surface area (Å²) in [6, 6.07) is 13.7. The number of hydrogen-bond acceptors (Lipinski definition) is 6. The zero-order valence-electron chi connectivity index (χ0n) is 19.8. The number of hydrogen-bond donors (Lipinski definition) is 0. The standard InChI is InChI=1S/C27H29ClN2O4S/c1-2-3-18-34-27(33)19-8-12-21(13-9-19)30-25(31)23(29-16-6-4-5-7-17-29)24(26(30)32)35-22-14-10-20(28)11-15-22/h8-15H,2-7,16-18H2,1H3. The Morgan fingerprint density at radius 3 is 2.23 bits per heavy atom. The number of ether oxygens (including phenoxy) is 1. The Morgan fingerprint density at radius 1 is 0.943 bits per heavy atom. The van der Waals surface area contributed by atoms with E-state index in [0.717, 1.165) is 56.5 Å². The quantitative estimate of drug-likeness (QED) is 0.244. The Kier molecular flexibility index (Phi) is 8.52. The Hall–Kier alpha value is -2.77. The van der Waals surface area contributed by atoms with Crippen LogP contribution in [0.25, 0.3) is 0 Å². The summed E-state index contributed by atoms with van der Waals surface area (Å²) in [6.45, 7) is 3.89.